The number of benzene rings is 1. The molecule has 5 nitrogen and oxygen atoms in total. The maximum absolute atomic E-state index is 11.8. The molecule has 3 rings (SSSR count). The zero-order valence-corrected chi connectivity index (χ0v) is 12.9. The Kier molecular flexibility index (Phi) is 3.77. The number of imide groups is 1. The van der Waals surface area contributed by atoms with Gasteiger partial charge in [0.2, 0.25) is 0 Å². The molecule has 1 aromatic heterocycles. The maximum Gasteiger partial charge on any atom is 0.328 e. The molecular weight excluding hydrogens is 300 g/mol. The van der Waals surface area contributed by atoms with Crippen LogP contribution in [0.5, 0.6) is 0 Å². The summed E-state index contributed by atoms with van der Waals surface area (Å²) in [5.74, 6) is 0.155. The number of rotatable bonds is 3. The number of urea groups is 1. The van der Waals surface area contributed by atoms with Gasteiger partial charge in [-0.15, -0.1) is 0 Å². The molecule has 112 valence electrons. The van der Waals surface area contributed by atoms with E-state index in [1.54, 1.807) is 6.07 Å². The molecule has 22 heavy (non-hydrogen) atoms. The largest absolute Gasteiger partial charge is 0.450 e. The van der Waals surface area contributed by atoms with E-state index >= 15 is 0 Å². The summed E-state index contributed by atoms with van der Waals surface area (Å²) in [6.45, 7) is 2.04. The van der Waals surface area contributed by atoms with Gasteiger partial charge in [0.15, 0.2) is 5.09 Å². The van der Waals surface area contributed by atoms with Gasteiger partial charge in [-0.05, 0) is 31.2 Å². The molecule has 0 bridgehead atoms. The molecule has 1 aliphatic rings. The fourth-order valence-electron chi connectivity index (χ4n) is 1.95. The van der Waals surface area contributed by atoms with Crippen LogP contribution in [0, 0.1) is 6.92 Å². The monoisotopic (exact) mass is 314 g/mol. The van der Waals surface area contributed by atoms with Crippen LogP contribution in [0.15, 0.2) is 56.5 Å². The van der Waals surface area contributed by atoms with Crippen molar-refractivity contribution >= 4 is 29.8 Å². The maximum atomic E-state index is 11.8. The number of nitrogens with zero attached hydrogens (tertiary/aromatic N) is 1. The van der Waals surface area contributed by atoms with Crippen LogP contribution in [-0.2, 0) is 4.79 Å². The molecule has 1 N–H and O–H groups in total. The fourth-order valence-corrected chi connectivity index (χ4v) is 2.73. The van der Waals surface area contributed by atoms with Crippen LogP contribution < -0.4 is 5.32 Å². The zero-order chi connectivity index (χ0) is 15.7. The first-order chi connectivity index (χ1) is 10.5. The van der Waals surface area contributed by atoms with E-state index in [1.807, 2.05) is 37.3 Å². The summed E-state index contributed by atoms with van der Waals surface area (Å²) in [7, 11) is 1.43. The second kappa shape index (κ2) is 5.73. The Bertz CT molecular complexity index is 762. The van der Waals surface area contributed by atoms with E-state index in [4.69, 9.17) is 4.42 Å². The van der Waals surface area contributed by atoms with Gasteiger partial charge in [-0.1, -0.05) is 29.5 Å². The lowest BCUT2D eigenvalue weighted by Gasteiger charge is -1.99. The third-order valence-corrected chi connectivity index (χ3v) is 4.14. The molecule has 0 saturated carbocycles. The highest BCUT2D eigenvalue weighted by Crippen LogP contribution is 2.30. The highest BCUT2D eigenvalue weighted by Gasteiger charge is 2.30. The van der Waals surface area contributed by atoms with Crippen LogP contribution >= 0.6 is 11.8 Å². The van der Waals surface area contributed by atoms with Gasteiger partial charge in [-0.3, -0.25) is 9.69 Å². The third kappa shape index (κ3) is 2.92. The van der Waals surface area contributed by atoms with Gasteiger partial charge in [0, 0.05) is 18.0 Å². The Hall–Kier alpha value is -2.47. The highest BCUT2D eigenvalue weighted by atomic mass is 32.2. The van der Waals surface area contributed by atoms with E-state index < -0.39 is 6.03 Å². The summed E-state index contributed by atoms with van der Waals surface area (Å²) in [6.07, 6.45) is 1.53. The number of hydrogen-bond acceptors (Lipinski definition) is 4. The SMILES string of the molecule is Cc1ccc(Sc2ccc(/C=C3/NC(=O)N(C)C3=O)o2)cc1. The molecule has 0 atom stereocenters. The van der Waals surface area contributed by atoms with Gasteiger partial charge in [0.05, 0.1) is 0 Å². The smallest absolute Gasteiger partial charge is 0.328 e. The topological polar surface area (TPSA) is 62.6 Å². The Morgan fingerprint density at radius 3 is 2.50 bits per heavy atom. The van der Waals surface area contributed by atoms with Crippen molar-refractivity contribution in [1.82, 2.24) is 10.2 Å². The number of carbonyl (C=O) groups is 2. The first-order valence-corrected chi connectivity index (χ1v) is 7.50. The second-order valence-electron chi connectivity index (χ2n) is 4.92. The number of hydrogen-bond donors (Lipinski definition) is 1. The van der Waals surface area contributed by atoms with Crippen molar-refractivity contribution in [3.05, 3.63) is 53.4 Å². The van der Waals surface area contributed by atoms with Crippen molar-refractivity contribution in [2.24, 2.45) is 0 Å². The molecule has 6 heteroatoms. The van der Waals surface area contributed by atoms with Gasteiger partial charge < -0.3 is 9.73 Å². The second-order valence-corrected chi connectivity index (χ2v) is 6.00. The number of likely N-dealkylation sites (N-methyl/N-ethyl adjacent to an activating group) is 1. The lowest BCUT2D eigenvalue weighted by Crippen LogP contribution is -2.25. The zero-order valence-electron chi connectivity index (χ0n) is 12.1. The van der Waals surface area contributed by atoms with Crippen molar-refractivity contribution in [2.45, 2.75) is 16.9 Å². The van der Waals surface area contributed by atoms with E-state index in [0.29, 0.717) is 5.76 Å². The first-order valence-electron chi connectivity index (χ1n) is 6.68. The molecule has 1 aliphatic heterocycles. The van der Waals surface area contributed by atoms with Gasteiger partial charge >= 0.3 is 6.03 Å². The summed E-state index contributed by atoms with van der Waals surface area (Å²) in [5.41, 5.74) is 1.42. The van der Waals surface area contributed by atoms with Crippen molar-refractivity contribution in [3.8, 4) is 0 Å². The van der Waals surface area contributed by atoms with Crippen LogP contribution in [0.1, 0.15) is 11.3 Å². The predicted molar refractivity (Wildman–Crippen MR) is 83.3 cm³/mol. The third-order valence-electron chi connectivity index (χ3n) is 3.21. The molecule has 0 aliphatic carbocycles. The van der Waals surface area contributed by atoms with Gasteiger partial charge in [0.25, 0.3) is 5.91 Å². The number of furan rings is 1. The van der Waals surface area contributed by atoms with Crippen molar-refractivity contribution in [3.63, 3.8) is 0 Å². The molecule has 1 aromatic carbocycles. The summed E-state index contributed by atoms with van der Waals surface area (Å²) < 4.78 is 5.66. The van der Waals surface area contributed by atoms with Crippen molar-refractivity contribution in [1.29, 1.82) is 0 Å². The molecule has 0 unspecified atom stereocenters. The minimum Gasteiger partial charge on any atom is -0.450 e. The van der Waals surface area contributed by atoms with E-state index in [0.717, 1.165) is 14.9 Å². The van der Waals surface area contributed by atoms with Crippen LogP contribution in [0.3, 0.4) is 0 Å². The number of aryl methyl sites for hydroxylation is 1. The van der Waals surface area contributed by atoms with Gasteiger partial charge in [-0.25, -0.2) is 4.79 Å². The van der Waals surface area contributed by atoms with Crippen LogP contribution in [0.4, 0.5) is 4.79 Å². The minimum absolute atomic E-state index is 0.216. The van der Waals surface area contributed by atoms with Crippen LogP contribution in [-0.4, -0.2) is 23.9 Å². The molecule has 0 spiro atoms. The average molecular weight is 314 g/mol. The van der Waals surface area contributed by atoms with Crippen molar-refractivity contribution in [2.75, 3.05) is 7.05 Å². The molecule has 1 saturated heterocycles. The standard InChI is InChI=1S/C16H14N2O3S/c1-10-3-6-12(7-4-10)22-14-8-5-11(21-14)9-13-15(19)18(2)16(20)17-13/h3-9H,1-2H3,(H,17,20)/b13-9+. The molecule has 2 heterocycles. The number of carbonyl (C=O) groups excluding carboxylic acids is 2. The van der Waals surface area contributed by atoms with E-state index in [9.17, 15) is 9.59 Å². The molecule has 2 aromatic rings. The summed E-state index contributed by atoms with van der Waals surface area (Å²) in [4.78, 5) is 25.3. The van der Waals surface area contributed by atoms with Crippen LogP contribution in [0.2, 0.25) is 0 Å². The summed E-state index contributed by atoms with van der Waals surface area (Å²) in [5, 5.41) is 3.22. The Balaban J connectivity index is 1.75. The lowest BCUT2D eigenvalue weighted by molar-refractivity contribution is -0.121. The summed E-state index contributed by atoms with van der Waals surface area (Å²) in [6, 6.07) is 11.3. The fraction of sp³-hybridized carbons (Fsp3) is 0.125. The van der Waals surface area contributed by atoms with E-state index in [1.165, 1.54) is 30.4 Å². The number of amides is 3. The molecule has 1 fully saturated rings. The number of nitrogens with one attached hydrogen (secondary N) is 1. The quantitative estimate of drug-likeness (QED) is 0.698. The van der Waals surface area contributed by atoms with Gasteiger partial charge in [-0.2, -0.15) is 0 Å². The Morgan fingerprint density at radius 1 is 1.14 bits per heavy atom. The molecule has 3 amide bonds. The Morgan fingerprint density at radius 2 is 1.86 bits per heavy atom. The first kappa shape index (κ1) is 14.5. The lowest BCUT2D eigenvalue weighted by atomic mass is 10.2. The Labute approximate surface area is 132 Å². The van der Waals surface area contributed by atoms with E-state index in [-0.39, 0.29) is 11.6 Å². The highest BCUT2D eigenvalue weighted by molar-refractivity contribution is 7.99. The van der Waals surface area contributed by atoms with Crippen LogP contribution in [0.25, 0.3) is 6.08 Å². The van der Waals surface area contributed by atoms with Crippen molar-refractivity contribution < 1.29 is 14.0 Å². The molecular formula is C16H14N2O3S. The van der Waals surface area contributed by atoms with Gasteiger partial charge in [0.1, 0.15) is 11.5 Å². The predicted octanol–water partition coefficient (Wildman–Crippen LogP) is 3.26. The average Bonchev–Trinajstić information content (AvgIpc) is 3.03. The molecule has 0 radical (unpaired) electrons. The normalized spacial score (nSPS) is 16.5. The minimum atomic E-state index is -0.433. The van der Waals surface area contributed by atoms with E-state index in [2.05, 4.69) is 5.32 Å². The summed E-state index contributed by atoms with van der Waals surface area (Å²) >= 11 is 1.50.